The second-order valence-electron chi connectivity index (χ2n) is 5.64. The molecule has 0 unspecified atom stereocenters. The Balaban J connectivity index is 1.85. The highest BCUT2D eigenvalue weighted by atomic mass is 35.5. The number of benzene rings is 1. The van der Waals surface area contributed by atoms with E-state index < -0.39 is 11.7 Å². The third-order valence-electron chi connectivity index (χ3n) is 3.82. The number of hydrogen-bond acceptors (Lipinski definition) is 4. The maximum atomic E-state index is 12.2. The van der Waals surface area contributed by atoms with Gasteiger partial charge in [-0.05, 0) is 32.0 Å². The Bertz CT molecular complexity index is 877. The molecule has 1 aromatic heterocycles. The number of amides is 2. The van der Waals surface area contributed by atoms with Gasteiger partial charge in [-0.3, -0.25) is 19.1 Å². The first-order valence-electron chi connectivity index (χ1n) is 7.78. The third-order valence-corrected chi connectivity index (χ3v) is 4.56. The van der Waals surface area contributed by atoms with Crippen molar-refractivity contribution in [1.82, 2.24) is 20.4 Å². The average Bonchev–Trinajstić information content (AvgIpc) is 2.85. The van der Waals surface area contributed by atoms with Gasteiger partial charge in [0.25, 0.3) is 17.6 Å². The van der Waals surface area contributed by atoms with Crippen LogP contribution in [-0.2, 0) is 11.8 Å². The summed E-state index contributed by atoms with van der Waals surface area (Å²) in [7, 11) is 1.70. The van der Waals surface area contributed by atoms with E-state index in [4.69, 9.17) is 23.2 Å². The van der Waals surface area contributed by atoms with Gasteiger partial charge in [-0.2, -0.15) is 5.10 Å². The Morgan fingerprint density at radius 3 is 2.31 bits per heavy atom. The van der Waals surface area contributed by atoms with Crippen LogP contribution in [0.4, 0.5) is 0 Å². The summed E-state index contributed by atoms with van der Waals surface area (Å²) < 4.78 is 1.55. The zero-order valence-corrected chi connectivity index (χ0v) is 16.0. The number of halogens is 2. The second kappa shape index (κ2) is 8.33. The van der Waals surface area contributed by atoms with Crippen LogP contribution < -0.4 is 10.6 Å². The normalized spacial score (nSPS) is 10.5. The molecule has 138 valence electrons. The fourth-order valence-electron chi connectivity index (χ4n) is 2.39. The van der Waals surface area contributed by atoms with E-state index in [0.717, 1.165) is 0 Å². The lowest BCUT2D eigenvalue weighted by Crippen LogP contribution is -2.38. The molecule has 0 radical (unpaired) electrons. The fourth-order valence-corrected chi connectivity index (χ4v) is 2.69. The molecule has 0 spiro atoms. The molecular formula is C17H18Cl2N4O3. The van der Waals surface area contributed by atoms with E-state index in [1.165, 1.54) is 12.1 Å². The molecule has 2 N–H and O–H groups in total. The largest absolute Gasteiger partial charge is 0.350 e. The van der Waals surface area contributed by atoms with Gasteiger partial charge in [0.2, 0.25) is 0 Å². The molecule has 0 saturated carbocycles. The van der Waals surface area contributed by atoms with Crippen LogP contribution in [0.25, 0.3) is 0 Å². The summed E-state index contributed by atoms with van der Waals surface area (Å²) in [4.78, 5) is 36.2. The van der Waals surface area contributed by atoms with Crippen molar-refractivity contribution in [3.63, 3.8) is 0 Å². The molecule has 0 fully saturated rings. The first-order valence-corrected chi connectivity index (χ1v) is 8.54. The van der Waals surface area contributed by atoms with Gasteiger partial charge in [0.15, 0.2) is 0 Å². The molecule has 26 heavy (non-hydrogen) atoms. The lowest BCUT2D eigenvalue weighted by molar-refractivity contribution is -0.116. The second-order valence-corrected chi connectivity index (χ2v) is 6.45. The smallest absolute Gasteiger partial charge is 0.292 e. The van der Waals surface area contributed by atoms with Crippen LogP contribution in [0.15, 0.2) is 18.2 Å². The van der Waals surface area contributed by atoms with Crippen molar-refractivity contribution in [2.45, 2.75) is 13.8 Å². The lowest BCUT2D eigenvalue weighted by atomic mass is 10.1. The van der Waals surface area contributed by atoms with Crippen LogP contribution >= 0.6 is 23.2 Å². The molecule has 7 nitrogen and oxygen atoms in total. The quantitative estimate of drug-likeness (QED) is 0.444. The van der Waals surface area contributed by atoms with Gasteiger partial charge >= 0.3 is 0 Å². The van der Waals surface area contributed by atoms with Crippen molar-refractivity contribution < 1.29 is 14.4 Å². The number of nitrogens with one attached hydrogen (secondary N) is 2. The molecule has 1 heterocycles. The molecule has 0 aliphatic carbocycles. The molecule has 2 rings (SSSR count). The van der Waals surface area contributed by atoms with Crippen molar-refractivity contribution in [3.05, 3.63) is 50.8 Å². The molecule has 0 atom stereocenters. The number of carbonyl (C=O) groups is 3. The van der Waals surface area contributed by atoms with Crippen molar-refractivity contribution in [2.75, 3.05) is 13.1 Å². The average molecular weight is 397 g/mol. The maximum Gasteiger partial charge on any atom is 0.292 e. The van der Waals surface area contributed by atoms with Crippen LogP contribution in [-0.4, -0.2) is 40.5 Å². The lowest BCUT2D eigenvalue weighted by Gasteiger charge is -2.07. The van der Waals surface area contributed by atoms with Crippen LogP contribution in [0.5, 0.6) is 0 Å². The molecule has 0 aliphatic rings. The standard InChI is InChI=1S/C17H18Cl2N4O3/c1-9-14(10(2)23(3)22-9)15(24)17(26)21-7-6-20-16(25)11-4-5-12(18)13(19)8-11/h4-5,8H,6-7H2,1-3H3,(H,20,25)(H,21,26). The number of aromatic nitrogens is 2. The summed E-state index contributed by atoms with van der Waals surface area (Å²) in [5, 5.41) is 9.86. The van der Waals surface area contributed by atoms with Gasteiger partial charge in [-0.15, -0.1) is 0 Å². The predicted octanol–water partition coefficient (Wildman–Crippen LogP) is 2.07. The topological polar surface area (TPSA) is 93.1 Å². The van der Waals surface area contributed by atoms with E-state index in [9.17, 15) is 14.4 Å². The van der Waals surface area contributed by atoms with Crippen molar-refractivity contribution in [3.8, 4) is 0 Å². The minimum atomic E-state index is -0.743. The summed E-state index contributed by atoms with van der Waals surface area (Å²) in [6.07, 6.45) is 0. The number of nitrogens with zero attached hydrogens (tertiary/aromatic N) is 2. The van der Waals surface area contributed by atoms with Crippen LogP contribution in [0.2, 0.25) is 10.0 Å². The number of aryl methyl sites for hydroxylation is 2. The molecule has 0 aliphatic heterocycles. The first kappa shape index (κ1) is 19.9. The molecule has 2 aromatic rings. The minimum absolute atomic E-state index is 0.107. The van der Waals surface area contributed by atoms with Crippen molar-refractivity contribution in [1.29, 1.82) is 0 Å². The van der Waals surface area contributed by atoms with Gasteiger partial charge in [0.1, 0.15) is 0 Å². The number of ketones is 1. The van der Waals surface area contributed by atoms with E-state index in [-0.39, 0.29) is 24.0 Å². The Morgan fingerprint density at radius 2 is 1.73 bits per heavy atom. The highest BCUT2D eigenvalue weighted by molar-refractivity contribution is 6.43. The Hall–Kier alpha value is -2.38. The van der Waals surface area contributed by atoms with Crippen molar-refractivity contribution >= 4 is 40.8 Å². The van der Waals surface area contributed by atoms with Crippen molar-refractivity contribution in [2.24, 2.45) is 7.05 Å². The highest BCUT2D eigenvalue weighted by Gasteiger charge is 2.23. The summed E-state index contributed by atoms with van der Waals surface area (Å²) >= 11 is 11.7. The predicted molar refractivity (Wildman–Crippen MR) is 98.8 cm³/mol. The molecule has 0 saturated heterocycles. The van der Waals surface area contributed by atoms with E-state index >= 15 is 0 Å². The van der Waals surface area contributed by atoms with Gasteiger partial charge in [-0.25, -0.2) is 0 Å². The van der Waals surface area contributed by atoms with Crippen LogP contribution in [0.1, 0.15) is 32.1 Å². The summed E-state index contributed by atoms with van der Waals surface area (Å²) in [5.74, 6) is -1.75. The van der Waals surface area contributed by atoms with Gasteiger partial charge < -0.3 is 10.6 Å². The first-order chi connectivity index (χ1) is 12.2. The zero-order valence-electron chi connectivity index (χ0n) is 14.5. The maximum absolute atomic E-state index is 12.2. The molecule has 2 amide bonds. The number of rotatable bonds is 6. The molecule has 0 bridgehead atoms. The molecule has 1 aromatic carbocycles. The van der Waals surface area contributed by atoms with Crippen LogP contribution in [0, 0.1) is 13.8 Å². The minimum Gasteiger partial charge on any atom is -0.350 e. The Labute approximate surface area is 160 Å². The monoisotopic (exact) mass is 396 g/mol. The Morgan fingerprint density at radius 1 is 1.08 bits per heavy atom. The SMILES string of the molecule is Cc1nn(C)c(C)c1C(=O)C(=O)NCCNC(=O)c1ccc(Cl)c(Cl)c1. The Kier molecular flexibility index (Phi) is 6.39. The van der Waals surface area contributed by atoms with Gasteiger partial charge in [0.05, 0.1) is 21.3 Å². The molecule has 9 heteroatoms. The summed E-state index contributed by atoms with van der Waals surface area (Å²) in [5.41, 5.74) is 1.77. The molecular weight excluding hydrogens is 379 g/mol. The third kappa shape index (κ3) is 4.42. The van der Waals surface area contributed by atoms with Crippen LogP contribution in [0.3, 0.4) is 0 Å². The summed E-state index contributed by atoms with van der Waals surface area (Å²) in [6, 6.07) is 4.52. The zero-order chi connectivity index (χ0) is 19.4. The van der Waals surface area contributed by atoms with E-state index in [0.29, 0.717) is 27.5 Å². The number of hydrogen-bond donors (Lipinski definition) is 2. The van der Waals surface area contributed by atoms with Gasteiger partial charge in [-0.1, -0.05) is 23.2 Å². The fraction of sp³-hybridized carbons (Fsp3) is 0.294. The van der Waals surface area contributed by atoms with E-state index in [1.807, 2.05) is 0 Å². The number of Topliss-reactive ketones (excluding diaryl/α,β-unsaturated/α-hetero) is 1. The van der Waals surface area contributed by atoms with E-state index in [2.05, 4.69) is 15.7 Å². The van der Waals surface area contributed by atoms with E-state index in [1.54, 1.807) is 31.6 Å². The number of carbonyl (C=O) groups excluding carboxylic acids is 3. The summed E-state index contributed by atoms with van der Waals surface area (Å²) in [6.45, 7) is 3.65. The van der Waals surface area contributed by atoms with Gasteiger partial charge in [0, 0.05) is 31.4 Å². The highest BCUT2D eigenvalue weighted by Crippen LogP contribution is 2.22.